The van der Waals surface area contributed by atoms with E-state index in [2.05, 4.69) is 10.4 Å². The third-order valence-corrected chi connectivity index (χ3v) is 5.12. The third kappa shape index (κ3) is 4.56. The molecule has 0 saturated heterocycles. The Morgan fingerprint density at radius 3 is 2.89 bits per heavy atom. The van der Waals surface area contributed by atoms with Crippen LogP contribution in [0.1, 0.15) is 42.1 Å². The van der Waals surface area contributed by atoms with Crippen molar-refractivity contribution in [3.63, 3.8) is 0 Å². The van der Waals surface area contributed by atoms with Gasteiger partial charge in [-0.05, 0) is 69.2 Å². The smallest absolute Gasteiger partial charge is 0.267 e. The molecular formula is C21H27N3O3. The SMILES string of the molecule is Cc1cccc(OC(C)C(=O)NCCn2nc3c(cc2=O)CCCC3)c1C. The Morgan fingerprint density at radius 1 is 1.30 bits per heavy atom. The largest absolute Gasteiger partial charge is 0.481 e. The van der Waals surface area contributed by atoms with Crippen LogP contribution in [0.3, 0.4) is 0 Å². The van der Waals surface area contributed by atoms with E-state index < -0.39 is 6.10 Å². The summed E-state index contributed by atoms with van der Waals surface area (Å²) in [7, 11) is 0. The highest BCUT2D eigenvalue weighted by Gasteiger charge is 2.16. The van der Waals surface area contributed by atoms with Crippen LogP contribution in [0.25, 0.3) is 0 Å². The monoisotopic (exact) mass is 369 g/mol. The molecule has 2 aromatic rings. The Kier molecular flexibility index (Phi) is 5.94. The second-order valence-corrected chi connectivity index (χ2v) is 7.13. The van der Waals surface area contributed by atoms with Crippen molar-refractivity contribution < 1.29 is 9.53 Å². The molecule has 0 spiro atoms. The molecule has 0 saturated carbocycles. The molecule has 1 amide bonds. The number of nitrogens with zero attached hydrogens (tertiary/aromatic N) is 2. The van der Waals surface area contributed by atoms with Gasteiger partial charge in [0.1, 0.15) is 5.75 Å². The van der Waals surface area contributed by atoms with Crippen LogP contribution in [-0.4, -0.2) is 28.3 Å². The number of hydrogen-bond donors (Lipinski definition) is 1. The van der Waals surface area contributed by atoms with Crippen LogP contribution in [0, 0.1) is 13.8 Å². The fraction of sp³-hybridized carbons (Fsp3) is 0.476. The highest BCUT2D eigenvalue weighted by Crippen LogP contribution is 2.21. The molecule has 1 aromatic carbocycles. The van der Waals surface area contributed by atoms with Gasteiger partial charge in [0.15, 0.2) is 6.10 Å². The molecule has 1 atom stereocenters. The molecule has 144 valence electrons. The first-order valence-electron chi connectivity index (χ1n) is 9.56. The number of carbonyl (C=O) groups excluding carboxylic acids is 1. The summed E-state index contributed by atoms with van der Waals surface area (Å²) in [5.74, 6) is 0.507. The van der Waals surface area contributed by atoms with Crippen LogP contribution >= 0.6 is 0 Å². The van der Waals surface area contributed by atoms with E-state index in [-0.39, 0.29) is 11.5 Å². The number of fused-ring (bicyclic) bond motifs is 1. The number of benzene rings is 1. The van der Waals surface area contributed by atoms with E-state index >= 15 is 0 Å². The molecule has 1 heterocycles. The molecule has 0 bridgehead atoms. The fourth-order valence-electron chi connectivity index (χ4n) is 3.29. The Bertz CT molecular complexity index is 889. The predicted molar refractivity (Wildman–Crippen MR) is 104 cm³/mol. The molecule has 0 radical (unpaired) electrons. The predicted octanol–water partition coefficient (Wildman–Crippen LogP) is 2.32. The second-order valence-electron chi connectivity index (χ2n) is 7.13. The number of aromatic nitrogens is 2. The molecule has 3 rings (SSSR count). The molecule has 1 aliphatic rings. The summed E-state index contributed by atoms with van der Waals surface area (Å²) in [6, 6.07) is 7.48. The van der Waals surface area contributed by atoms with E-state index in [1.165, 1.54) is 4.68 Å². The summed E-state index contributed by atoms with van der Waals surface area (Å²) < 4.78 is 7.24. The van der Waals surface area contributed by atoms with E-state index in [4.69, 9.17) is 4.74 Å². The molecule has 1 unspecified atom stereocenters. The van der Waals surface area contributed by atoms with Gasteiger partial charge in [0.25, 0.3) is 11.5 Å². The lowest BCUT2D eigenvalue weighted by atomic mass is 9.97. The summed E-state index contributed by atoms with van der Waals surface area (Å²) >= 11 is 0. The third-order valence-electron chi connectivity index (χ3n) is 5.12. The van der Waals surface area contributed by atoms with E-state index in [1.54, 1.807) is 13.0 Å². The van der Waals surface area contributed by atoms with Crippen LogP contribution in [-0.2, 0) is 24.2 Å². The van der Waals surface area contributed by atoms with Crippen molar-refractivity contribution in [3.8, 4) is 5.75 Å². The Morgan fingerprint density at radius 2 is 2.07 bits per heavy atom. The van der Waals surface area contributed by atoms with Gasteiger partial charge in [-0.25, -0.2) is 4.68 Å². The lowest BCUT2D eigenvalue weighted by Gasteiger charge is -2.18. The minimum atomic E-state index is -0.612. The number of hydrogen-bond acceptors (Lipinski definition) is 4. The average molecular weight is 369 g/mol. The zero-order valence-electron chi connectivity index (χ0n) is 16.2. The minimum absolute atomic E-state index is 0.107. The van der Waals surface area contributed by atoms with Gasteiger partial charge in [-0.2, -0.15) is 5.10 Å². The van der Waals surface area contributed by atoms with Gasteiger partial charge in [-0.1, -0.05) is 12.1 Å². The van der Waals surface area contributed by atoms with Crippen molar-refractivity contribution in [2.24, 2.45) is 0 Å². The summed E-state index contributed by atoms with van der Waals surface area (Å²) in [6.07, 6.45) is 3.47. The number of aryl methyl sites for hydroxylation is 3. The van der Waals surface area contributed by atoms with Crippen molar-refractivity contribution in [1.29, 1.82) is 0 Å². The maximum absolute atomic E-state index is 12.3. The Labute approximate surface area is 159 Å². The van der Waals surface area contributed by atoms with Gasteiger partial charge in [0.2, 0.25) is 0 Å². The summed E-state index contributed by atoms with van der Waals surface area (Å²) in [5.41, 5.74) is 4.13. The van der Waals surface area contributed by atoms with Gasteiger partial charge in [-0.3, -0.25) is 9.59 Å². The Balaban J connectivity index is 1.55. The van der Waals surface area contributed by atoms with Crippen molar-refractivity contribution in [2.75, 3.05) is 6.54 Å². The fourth-order valence-corrected chi connectivity index (χ4v) is 3.29. The quantitative estimate of drug-likeness (QED) is 0.848. The molecule has 1 aromatic heterocycles. The van der Waals surface area contributed by atoms with Crippen LogP contribution in [0.2, 0.25) is 0 Å². The number of amides is 1. The number of carbonyl (C=O) groups is 1. The molecule has 27 heavy (non-hydrogen) atoms. The van der Waals surface area contributed by atoms with Gasteiger partial charge in [-0.15, -0.1) is 0 Å². The van der Waals surface area contributed by atoms with Gasteiger partial charge in [0.05, 0.1) is 12.2 Å². The first-order valence-corrected chi connectivity index (χ1v) is 9.56. The molecule has 6 heteroatoms. The zero-order chi connectivity index (χ0) is 19.4. The maximum atomic E-state index is 12.3. The van der Waals surface area contributed by atoms with E-state index in [0.29, 0.717) is 18.8 Å². The molecule has 0 fully saturated rings. The first-order chi connectivity index (χ1) is 13.0. The molecule has 6 nitrogen and oxygen atoms in total. The number of rotatable bonds is 6. The van der Waals surface area contributed by atoms with Crippen LogP contribution in [0.15, 0.2) is 29.1 Å². The number of nitrogens with one attached hydrogen (secondary N) is 1. The number of ether oxygens (including phenoxy) is 1. The van der Waals surface area contributed by atoms with Crippen molar-refractivity contribution in [2.45, 2.75) is 59.1 Å². The lowest BCUT2D eigenvalue weighted by molar-refractivity contribution is -0.127. The van der Waals surface area contributed by atoms with E-state index in [1.807, 2.05) is 32.0 Å². The Hall–Kier alpha value is -2.63. The highest BCUT2D eigenvalue weighted by molar-refractivity contribution is 5.80. The minimum Gasteiger partial charge on any atom is -0.481 e. The molecule has 1 N–H and O–H groups in total. The van der Waals surface area contributed by atoms with Crippen molar-refractivity contribution >= 4 is 5.91 Å². The van der Waals surface area contributed by atoms with Gasteiger partial charge >= 0.3 is 0 Å². The second kappa shape index (κ2) is 8.37. The van der Waals surface area contributed by atoms with Crippen molar-refractivity contribution in [1.82, 2.24) is 15.1 Å². The standard InChI is InChI=1S/C21H27N3O3/c1-14-7-6-10-19(15(14)2)27-16(3)21(26)22-11-12-24-20(25)13-17-8-4-5-9-18(17)23-24/h6-7,10,13,16H,4-5,8-9,11-12H2,1-3H3,(H,22,26). The summed E-state index contributed by atoms with van der Waals surface area (Å²) in [6.45, 7) is 6.40. The first kappa shape index (κ1) is 19.1. The van der Waals surface area contributed by atoms with E-state index in [9.17, 15) is 9.59 Å². The van der Waals surface area contributed by atoms with E-state index in [0.717, 1.165) is 48.1 Å². The molecule has 0 aliphatic heterocycles. The topological polar surface area (TPSA) is 73.2 Å². The lowest BCUT2D eigenvalue weighted by Crippen LogP contribution is -2.39. The summed E-state index contributed by atoms with van der Waals surface area (Å²) in [5, 5.41) is 7.29. The van der Waals surface area contributed by atoms with Crippen molar-refractivity contribution in [3.05, 3.63) is 57.0 Å². The van der Waals surface area contributed by atoms with Gasteiger partial charge < -0.3 is 10.1 Å². The van der Waals surface area contributed by atoms with Gasteiger partial charge in [0, 0.05) is 12.6 Å². The normalized spacial score (nSPS) is 14.3. The average Bonchev–Trinajstić information content (AvgIpc) is 2.65. The molecule has 1 aliphatic carbocycles. The van der Waals surface area contributed by atoms with Crippen LogP contribution < -0.4 is 15.6 Å². The summed E-state index contributed by atoms with van der Waals surface area (Å²) in [4.78, 5) is 24.5. The maximum Gasteiger partial charge on any atom is 0.267 e. The molecular weight excluding hydrogens is 342 g/mol. The highest BCUT2D eigenvalue weighted by atomic mass is 16.5. The zero-order valence-corrected chi connectivity index (χ0v) is 16.2. The van der Waals surface area contributed by atoms with Crippen LogP contribution in [0.5, 0.6) is 5.75 Å². The van der Waals surface area contributed by atoms with Crippen LogP contribution in [0.4, 0.5) is 0 Å².